The molecule has 0 aromatic carbocycles. The molecule has 0 bridgehead atoms. The van der Waals surface area contributed by atoms with Crippen LogP contribution in [0.2, 0.25) is 0 Å². The molecular weight excluding hydrogens is 370 g/mol. The van der Waals surface area contributed by atoms with Crippen molar-refractivity contribution in [1.82, 2.24) is 5.32 Å². The Morgan fingerprint density at radius 2 is 1.21 bits per heavy atom. The smallest absolute Gasteiger partial charge is 0.407 e. The first kappa shape index (κ1) is 30.3. The topological polar surface area (TPSA) is 99.0 Å². The summed E-state index contributed by atoms with van der Waals surface area (Å²) < 4.78 is 5.12. The van der Waals surface area contributed by atoms with Crippen molar-refractivity contribution in [2.24, 2.45) is 5.41 Å². The lowest BCUT2D eigenvalue weighted by Crippen LogP contribution is -2.32. The van der Waals surface area contributed by atoms with E-state index >= 15 is 0 Å². The van der Waals surface area contributed by atoms with Crippen LogP contribution in [0.1, 0.15) is 105 Å². The van der Waals surface area contributed by atoms with Gasteiger partial charge in [-0.05, 0) is 71.1 Å². The number of hydrogen-bond acceptors (Lipinski definition) is 5. The third kappa shape index (κ3) is 23.3. The molecule has 176 valence electrons. The van der Waals surface area contributed by atoms with Crippen LogP contribution in [0.15, 0.2) is 0 Å². The molecule has 6 nitrogen and oxygen atoms in total. The van der Waals surface area contributed by atoms with Crippen LogP contribution < -0.4 is 5.32 Å². The number of nitrogens with one attached hydrogen (secondary N) is 1. The number of hydrogen-bond donors (Lipinski definition) is 4. The Labute approximate surface area is 179 Å². The first-order valence-electron chi connectivity index (χ1n) is 11.4. The number of aliphatic hydroxyl groups is 3. The Morgan fingerprint density at radius 1 is 0.759 bits per heavy atom. The van der Waals surface area contributed by atoms with Crippen molar-refractivity contribution >= 4 is 6.09 Å². The molecule has 0 radical (unpaired) electrons. The van der Waals surface area contributed by atoms with Gasteiger partial charge >= 0.3 is 6.09 Å². The number of aliphatic hydroxyl groups excluding tert-OH is 3. The van der Waals surface area contributed by atoms with Crippen LogP contribution >= 0.6 is 0 Å². The molecule has 0 unspecified atom stereocenters. The molecule has 0 aromatic rings. The molecule has 6 heteroatoms. The maximum atomic E-state index is 11.2. The maximum Gasteiger partial charge on any atom is 0.407 e. The highest BCUT2D eigenvalue weighted by atomic mass is 16.6. The average Bonchev–Trinajstić information content (AvgIpc) is 2.65. The van der Waals surface area contributed by atoms with Crippen LogP contribution in [0, 0.1) is 5.41 Å². The minimum Gasteiger partial charge on any atom is -0.444 e. The fourth-order valence-corrected chi connectivity index (χ4v) is 3.13. The molecule has 0 heterocycles. The SMILES string of the molecule is CC(CCCO)(CCCO)CCCO.CCCCCCCNC(=O)OC(C)(C)C. The van der Waals surface area contributed by atoms with E-state index in [2.05, 4.69) is 19.2 Å². The highest BCUT2D eigenvalue weighted by Crippen LogP contribution is 2.34. The van der Waals surface area contributed by atoms with Gasteiger partial charge in [-0.25, -0.2) is 4.79 Å². The summed E-state index contributed by atoms with van der Waals surface area (Å²) in [6, 6.07) is 0. The Bertz CT molecular complexity index is 347. The standard InChI is InChI=1S/C12H25NO2.C11H24O3/c1-5-6-7-8-9-10-13-11(14)15-12(2,3)4;1-11(5-2-8-12,6-3-9-13)7-4-10-14/h5-10H2,1-4H3,(H,13,14);12-14H,2-10H2,1H3. The predicted octanol–water partition coefficient (Wildman–Crippen LogP) is 4.79. The van der Waals surface area contributed by atoms with Crippen molar-refractivity contribution in [2.75, 3.05) is 26.4 Å². The van der Waals surface area contributed by atoms with Gasteiger partial charge in [0.1, 0.15) is 5.60 Å². The molecule has 0 fully saturated rings. The van der Waals surface area contributed by atoms with Gasteiger partial charge in [-0.2, -0.15) is 0 Å². The molecule has 0 saturated heterocycles. The first-order chi connectivity index (χ1) is 13.6. The Balaban J connectivity index is 0. The average molecular weight is 420 g/mol. The number of rotatable bonds is 15. The van der Waals surface area contributed by atoms with Crippen molar-refractivity contribution in [3.8, 4) is 0 Å². The Morgan fingerprint density at radius 3 is 1.59 bits per heavy atom. The quantitative estimate of drug-likeness (QED) is 0.286. The van der Waals surface area contributed by atoms with Crippen molar-refractivity contribution in [1.29, 1.82) is 0 Å². The Hall–Kier alpha value is -0.850. The van der Waals surface area contributed by atoms with Gasteiger partial charge in [0.05, 0.1) is 0 Å². The molecule has 0 aliphatic carbocycles. The van der Waals surface area contributed by atoms with Crippen molar-refractivity contribution < 1.29 is 24.9 Å². The second-order valence-electron chi connectivity index (χ2n) is 9.14. The molecule has 0 atom stereocenters. The van der Waals surface area contributed by atoms with Gasteiger partial charge in [0.2, 0.25) is 0 Å². The molecule has 4 N–H and O–H groups in total. The highest BCUT2D eigenvalue weighted by Gasteiger charge is 2.22. The second kappa shape index (κ2) is 19.1. The molecule has 0 saturated carbocycles. The monoisotopic (exact) mass is 419 g/mol. The summed E-state index contributed by atoms with van der Waals surface area (Å²) >= 11 is 0. The summed E-state index contributed by atoms with van der Waals surface area (Å²) in [7, 11) is 0. The zero-order chi connectivity index (χ0) is 22.6. The van der Waals surface area contributed by atoms with E-state index in [4.69, 9.17) is 20.1 Å². The summed E-state index contributed by atoms with van der Waals surface area (Å²) in [5, 5.41) is 29.1. The van der Waals surface area contributed by atoms with Crippen LogP contribution in [-0.4, -0.2) is 53.4 Å². The maximum absolute atomic E-state index is 11.2. The number of amides is 1. The molecule has 0 aliphatic rings. The van der Waals surface area contributed by atoms with Gasteiger partial charge in [0.25, 0.3) is 0 Å². The van der Waals surface area contributed by atoms with Gasteiger partial charge in [0, 0.05) is 26.4 Å². The van der Waals surface area contributed by atoms with E-state index in [9.17, 15) is 4.79 Å². The zero-order valence-corrected chi connectivity index (χ0v) is 19.8. The molecule has 0 aromatic heterocycles. The number of alkyl carbamates (subject to hydrolysis) is 1. The Kier molecular flexibility index (Phi) is 20.0. The summed E-state index contributed by atoms with van der Waals surface area (Å²) in [6.45, 7) is 11.4. The van der Waals surface area contributed by atoms with Gasteiger partial charge in [-0.15, -0.1) is 0 Å². The molecule has 0 aliphatic heterocycles. The van der Waals surface area contributed by atoms with Crippen LogP contribution in [0.3, 0.4) is 0 Å². The number of carbonyl (C=O) groups is 1. The predicted molar refractivity (Wildman–Crippen MR) is 120 cm³/mol. The lowest BCUT2D eigenvalue weighted by Gasteiger charge is -2.29. The molecule has 1 amide bonds. The van der Waals surface area contributed by atoms with Crippen molar-refractivity contribution in [3.05, 3.63) is 0 Å². The summed E-state index contributed by atoms with van der Waals surface area (Å²) in [5.41, 5.74) is -0.222. The summed E-state index contributed by atoms with van der Waals surface area (Å²) in [4.78, 5) is 11.2. The van der Waals surface area contributed by atoms with Crippen LogP contribution in [0.5, 0.6) is 0 Å². The largest absolute Gasteiger partial charge is 0.444 e. The van der Waals surface area contributed by atoms with Crippen LogP contribution in [-0.2, 0) is 4.74 Å². The van der Waals surface area contributed by atoms with E-state index in [1.165, 1.54) is 25.7 Å². The van der Waals surface area contributed by atoms with E-state index in [0.29, 0.717) is 0 Å². The van der Waals surface area contributed by atoms with Gasteiger partial charge < -0.3 is 25.4 Å². The third-order valence-electron chi connectivity index (χ3n) is 4.76. The van der Waals surface area contributed by atoms with E-state index in [-0.39, 0.29) is 31.3 Å². The fourth-order valence-electron chi connectivity index (χ4n) is 3.13. The van der Waals surface area contributed by atoms with Gasteiger partial charge in [0.15, 0.2) is 0 Å². The molecular formula is C23H49NO5. The normalized spacial score (nSPS) is 11.6. The van der Waals surface area contributed by atoms with Crippen molar-refractivity contribution in [3.63, 3.8) is 0 Å². The van der Waals surface area contributed by atoms with Crippen LogP contribution in [0.4, 0.5) is 4.79 Å². The highest BCUT2D eigenvalue weighted by molar-refractivity contribution is 5.67. The van der Waals surface area contributed by atoms with E-state index in [1.54, 1.807) is 0 Å². The number of ether oxygens (including phenoxy) is 1. The van der Waals surface area contributed by atoms with Crippen LogP contribution in [0.25, 0.3) is 0 Å². The van der Waals surface area contributed by atoms with Crippen molar-refractivity contribution in [2.45, 2.75) is 111 Å². The zero-order valence-electron chi connectivity index (χ0n) is 19.8. The first-order valence-corrected chi connectivity index (χ1v) is 11.4. The van der Waals surface area contributed by atoms with Gasteiger partial charge in [-0.3, -0.25) is 0 Å². The lowest BCUT2D eigenvalue weighted by molar-refractivity contribution is 0.0527. The molecule has 0 spiro atoms. The summed E-state index contributed by atoms with van der Waals surface area (Å²) in [5.74, 6) is 0. The van der Waals surface area contributed by atoms with E-state index in [1.807, 2.05) is 20.8 Å². The van der Waals surface area contributed by atoms with E-state index in [0.717, 1.165) is 51.5 Å². The molecule has 29 heavy (non-hydrogen) atoms. The fraction of sp³-hybridized carbons (Fsp3) is 0.957. The number of carbonyl (C=O) groups excluding carboxylic acids is 1. The number of unbranched alkanes of at least 4 members (excludes halogenated alkanes) is 4. The lowest BCUT2D eigenvalue weighted by atomic mass is 9.77. The minimum absolute atomic E-state index is 0.175. The third-order valence-corrected chi connectivity index (χ3v) is 4.76. The minimum atomic E-state index is -0.397. The summed E-state index contributed by atoms with van der Waals surface area (Å²) in [6.07, 6.45) is 11.1. The van der Waals surface area contributed by atoms with Gasteiger partial charge in [-0.1, -0.05) is 39.5 Å². The second-order valence-corrected chi connectivity index (χ2v) is 9.14. The molecule has 0 rings (SSSR count). The van der Waals surface area contributed by atoms with E-state index < -0.39 is 5.60 Å².